The van der Waals surface area contributed by atoms with Gasteiger partial charge in [-0.2, -0.15) is 4.79 Å². The summed E-state index contributed by atoms with van der Waals surface area (Å²) < 4.78 is 5.24. The molecule has 0 saturated carbocycles. The van der Waals surface area contributed by atoms with Crippen LogP contribution in [0, 0.1) is 5.92 Å². The van der Waals surface area contributed by atoms with Gasteiger partial charge in [-0.25, -0.2) is 0 Å². The number of hydrogen-bond acceptors (Lipinski definition) is 0. The van der Waals surface area contributed by atoms with Crippen molar-refractivity contribution in [3.8, 4) is 0 Å². The summed E-state index contributed by atoms with van der Waals surface area (Å²) in [6.45, 7) is 3.79. The minimum absolute atomic E-state index is 0.0142. The van der Waals surface area contributed by atoms with Crippen LogP contribution in [0.15, 0.2) is 42.0 Å². The van der Waals surface area contributed by atoms with Gasteiger partial charge in [-0.3, -0.25) is 0 Å². The molecule has 3 rings (SSSR count). The third kappa shape index (κ3) is 2.07. The fourth-order valence-corrected chi connectivity index (χ4v) is 2.96. The molecule has 0 saturated heterocycles. The maximum absolute atomic E-state index is 9.23. The van der Waals surface area contributed by atoms with E-state index in [4.69, 9.17) is 4.42 Å². The zero-order valence-corrected chi connectivity index (χ0v) is 11.3. The Morgan fingerprint density at radius 3 is 2.95 bits per heavy atom. The highest BCUT2D eigenvalue weighted by Crippen LogP contribution is 2.46. The highest BCUT2D eigenvalue weighted by atomic mass is 16.4. The molecule has 19 heavy (non-hydrogen) atoms. The lowest BCUT2D eigenvalue weighted by atomic mass is 9.89. The van der Waals surface area contributed by atoms with Crippen molar-refractivity contribution in [2.75, 3.05) is 0 Å². The summed E-state index contributed by atoms with van der Waals surface area (Å²) in [5.41, 5.74) is 5.33. The van der Waals surface area contributed by atoms with Crippen molar-refractivity contribution in [3.05, 3.63) is 53.1 Å². The smallest absolute Gasteiger partial charge is 0.197 e. The number of fused-ring (bicyclic) bond motifs is 2. The Labute approximate surface area is 113 Å². The van der Waals surface area contributed by atoms with Crippen molar-refractivity contribution in [1.82, 2.24) is 0 Å². The number of carbonyl (C=O) groups excluding carboxylic acids is 2. The van der Waals surface area contributed by atoms with Crippen LogP contribution in [0.3, 0.4) is 0 Å². The van der Waals surface area contributed by atoms with E-state index in [2.05, 4.69) is 43.3 Å². The molecular weight excluding hydrogens is 236 g/mol. The van der Waals surface area contributed by atoms with Crippen LogP contribution >= 0.6 is 0 Å². The van der Waals surface area contributed by atoms with E-state index in [1.165, 1.54) is 22.3 Å². The molecule has 0 fully saturated rings. The van der Waals surface area contributed by atoms with E-state index in [1.54, 1.807) is 13.2 Å². The molecule has 0 spiro atoms. The second-order valence-electron chi connectivity index (χ2n) is 5.31. The maximum atomic E-state index is 9.23. The van der Waals surface area contributed by atoms with E-state index in [1.807, 2.05) is 0 Å². The van der Waals surface area contributed by atoms with Crippen molar-refractivity contribution in [2.45, 2.75) is 26.2 Å². The average molecular weight is 254 g/mol. The van der Waals surface area contributed by atoms with Crippen LogP contribution in [0.2, 0.25) is 0 Å². The molecule has 1 aromatic carbocycles. The van der Waals surface area contributed by atoms with Crippen LogP contribution in [0.1, 0.15) is 37.3 Å². The van der Waals surface area contributed by atoms with Crippen LogP contribution in [0.25, 0.3) is 5.57 Å². The number of rotatable bonds is 1. The van der Waals surface area contributed by atoms with Crippen molar-refractivity contribution in [2.24, 2.45) is 5.92 Å². The molecule has 2 nitrogen and oxygen atoms in total. The second-order valence-corrected chi connectivity index (χ2v) is 5.31. The van der Waals surface area contributed by atoms with E-state index >= 15 is 0 Å². The lowest BCUT2D eigenvalue weighted by Crippen LogP contribution is -2.05. The summed E-state index contributed by atoms with van der Waals surface area (Å²) in [4.78, 5) is 9.23. The average Bonchev–Trinajstić information content (AvgIpc) is 2.70. The molecule has 1 N–H and O–H groups in total. The summed E-state index contributed by atoms with van der Waals surface area (Å²) in [6, 6.07) is 8.46. The molecular formula is C17H18O2+2. The first kappa shape index (κ1) is 12.1. The Hall–Kier alpha value is -1.96. The van der Waals surface area contributed by atoms with Gasteiger partial charge in [-0.15, -0.1) is 4.42 Å². The van der Waals surface area contributed by atoms with Crippen LogP contribution in [0.4, 0.5) is 0 Å². The summed E-state index contributed by atoms with van der Waals surface area (Å²) in [7, 11) is 0. The van der Waals surface area contributed by atoms with E-state index in [0.717, 1.165) is 6.42 Å². The fraction of sp³-hybridized carbons (Fsp3) is 0.294. The predicted octanol–water partition coefficient (Wildman–Crippen LogP) is 3.39. The van der Waals surface area contributed by atoms with Crippen molar-refractivity contribution < 1.29 is 9.22 Å². The van der Waals surface area contributed by atoms with Crippen LogP contribution < -0.4 is 0 Å². The molecule has 2 aliphatic carbocycles. The van der Waals surface area contributed by atoms with Gasteiger partial charge < -0.3 is 0 Å². The summed E-state index contributed by atoms with van der Waals surface area (Å²) in [5.74, 6) is 0.689. The molecule has 2 atom stereocenters. The summed E-state index contributed by atoms with van der Waals surface area (Å²) >= 11 is 0. The Morgan fingerprint density at radius 1 is 1.37 bits per heavy atom. The minimum Gasteiger partial charge on any atom is -0.197 e. The van der Waals surface area contributed by atoms with Gasteiger partial charge in [0, 0.05) is 0 Å². The van der Waals surface area contributed by atoms with Gasteiger partial charge in [0.1, 0.15) is 5.92 Å². The van der Waals surface area contributed by atoms with Gasteiger partial charge in [0.15, 0.2) is 6.92 Å². The topological polar surface area (TPSA) is 32.7 Å². The van der Waals surface area contributed by atoms with Crippen LogP contribution in [-0.2, 0) is 4.42 Å². The van der Waals surface area contributed by atoms with Crippen LogP contribution in [-0.4, -0.2) is 17.1 Å². The Morgan fingerprint density at radius 2 is 2.16 bits per heavy atom. The number of benzene rings is 1. The normalized spacial score (nSPS) is 24.7. The quantitative estimate of drug-likeness (QED) is 0.543. The molecule has 0 heterocycles. The molecule has 0 bridgehead atoms. The van der Waals surface area contributed by atoms with E-state index in [9.17, 15) is 4.79 Å². The highest BCUT2D eigenvalue weighted by molar-refractivity contribution is 5.90. The zero-order valence-electron chi connectivity index (χ0n) is 11.3. The molecule has 0 aliphatic heterocycles. The highest BCUT2D eigenvalue weighted by Gasteiger charge is 2.34. The van der Waals surface area contributed by atoms with Gasteiger partial charge >= 0.3 is 12.3 Å². The van der Waals surface area contributed by atoms with Gasteiger partial charge in [0.25, 0.3) is 0 Å². The largest absolute Gasteiger partial charge is 0.709 e. The maximum Gasteiger partial charge on any atom is 0.709 e. The standard InChI is InChI=1S/C17H17O2/c1-11-7-8-15-16(9-11)13-5-3-4-6-14(13)17(15)10-19-12(2)18/h3-8,10-11,17H,9H2,1-2H3/q+1/p+1/t11-,17?/m0/s1. The Balaban J connectivity index is 2.09. The SMILES string of the molecule is CC(=[OH+])[O+]=CC1C2=C(C[C@@H](C)C=C2)c2ccccc21. The number of hydrogen-bond donors (Lipinski definition) is 0. The first-order valence-electron chi connectivity index (χ1n) is 6.70. The van der Waals surface area contributed by atoms with Gasteiger partial charge in [-0.05, 0) is 34.6 Å². The van der Waals surface area contributed by atoms with Crippen molar-refractivity contribution >= 4 is 17.8 Å². The molecule has 0 amide bonds. The molecule has 1 aromatic rings. The van der Waals surface area contributed by atoms with E-state index in [-0.39, 0.29) is 11.9 Å². The third-order valence-corrected chi connectivity index (χ3v) is 3.81. The van der Waals surface area contributed by atoms with E-state index in [0.29, 0.717) is 5.92 Å². The lowest BCUT2D eigenvalue weighted by Gasteiger charge is -2.15. The Kier molecular flexibility index (Phi) is 2.94. The van der Waals surface area contributed by atoms with Gasteiger partial charge in [0.05, 0.1) is 0 Å². The molecule has 2 heteroatoms. The minimum atomic E-state index is -0.0142. The van der Waals surface area contributed by atoms with Gasteiger partial charge in [-0.1, -0.05) is 43.3 Å². The predicted molar refractivity (Wildman–Crippen MR) is 77.7 cm³/mol. The molecule has 96 valence electrons. The van der Waals surface area contributed by atoms with Crippen molar-refractivity contribution in [3.63, 3.8) is 0 Å². The summed E-state index contributed by atoms with van der Waals surface area (Å²) in [5, 5.41) is 0. The first-order chi connectivity index (χ1) is 9.16. The zero-order chi connectivity index (χ0) is 13.4. The first-order valence-corrected chi connectivity index (χ1v) is 6.70. The summed E-state index contributed by atoms with van der Waals surface area (Å²) in [6.07, 6.45) is 7.27. The number of aldehydes is 1. The molecule has 1 unspecified atom stereocenters. The third-order valence-electron chi connectivity index (χ3n) is 3.81. The molecule has 0 radical (unpaired) electrons. The van der Waals surface area contributed by atoms with E-state index < -0.39 is 0 Å². The molecule has 2 aliphatic rings. The monoisotopic (exact) mass is 254 g/mol. The number of allylic oxidation sites excluding steroid dienone is 4. The Bertz CT molecular complexity index is 620. The molecule has 0 aromatic heterocycles. The fourth-order valence-electron chi connectivity index (χ4n) is 2.96. The van der Waals surface area contributed by atoms with Crippen LogP contribution in [0.5, 0.6) is 0 Å². The van der Waals surface area contributed by atoms with Crippen molar-refractivity contribution in [1.29, 1.82) is 0 Å². The lowest BCUT2D eigenvalue weighted by molar-refractivity contribution is -0.322. The van der Waals surface area contributed by atoms with Gasteiger partial charge in [0.2, 0.25) is 0 Å². The second kappa shape index (κ2) is 4.61.